The summed E-state index contributed by atoms with van der Waals surface area (Å²) in [4.78, 5) is 36.9. The molecule has 128 valence electrons. The molecule has 0 spiro atoms. The molecule has 0 fully saturated rings. The summed E-state index contributed by atoms with van der Waals surface area (Å²) in [7, 11) is 1.28. The van der Waals surface area contributed by atoms with Crippen LogP contribution in [0.1, 0.15) is 15.4 Å². The van der Waals surface area contributed by atoms with Crippen LogP contribution in [0.4, 0.5) is 9.59 Å². The van der Waals surface area contributed by atoms with Gasteiger partial charge in [-0.15, -0.1) is 11.3 Å². The number of hydrogen-bond acceptors (Lipinski definition) is 8. The van der Waals surface area contributed by atoms with Gasteiger partial charge in [-0.05, 0) is 18.2 Å². The molecule has 0 amide bonds. The highest BCUT2D eigenvalue weighted by Gasteiger charge is 2.19. The van der Waals surface area contributed by atoms with E-state index in [1.807, 2.05) is 0 Å². The average molecular weight is 355 g/mol. The minimum Gasteiger partial charge on any atom is -0.465 e. The quantitative estimate of drug-likeness (QED) is 0.592. The second kappa shape index (κ2) is 7.59. The zero-order valence-corrected chi connectivity index (χ0v) is 13.2. The first kappa shape index (κ1) is 17.5. The molecule has 9 nitrogen and oxygen atoms in total. The smallest absolute Gasteiger partial charge is 0.465 e. The highest BCUT2D eigenvalue weighted by Crippen LogP contribution is 2.25. The first-order chi connectivity index (χ1) is 11.4. The molecule has 1 atom stereocenters. The first-order valence-corrected chi connectivity index (χ1v) is 7.43. The molecular formula is C14H13NO8S. The molecule has 24 heavy (non-hydrogen) atoms. The van der Waals surface area contributed by atoms with Crippen LogP contribution in [0.25, 0.3) is 10.2 Å². The summed E-state index contributed by atoms with van der Waals surface area (Å²) >= 11 is 1.23. The van der Waals surface area contributed by atoms with Gasteiger partial charge >= 0.3 is 18.3 Å². The lowest BCUT2D eigenvalue weighted by Gasteiger charge is -2.13. The fraction of sp³-hybridized carbons (Fsp3) is 0.286. The maximum atomic E-state index is 11.5. The maximum absolute atomic E-state index is 11.5. The lowest BCUT2D eigenvalue weighted by Crippen LogP contribution is -2.26. The molecule has 0 aliphatic rings. The van der Waals surface area contributed by atoms with E-state index in [2.05, 4.69) is 19.2 Å². The number of rotatable bonds is 6. The number of thiazole rings is 1. The number of hydrogen-bond donors (Lipinski definition) is 2. The number of carbonyl (C=O) groups is 3. The van der Waals surface area contributed by atoms with Crippen LogP contribution in [0.2, 0.25) is 0 Å². The Morgan fingerprint density at radius 2 is 2.00 bits per heavy atom. The molecule has 1 unspecified atom stereocenters. The summed E-state index contributed by atoms with van der Waals surface area (Å²) in [5.41, 5.74) is 0.989. The number of fused-ring (bicyclic) bond motifs is 1. The Bertz CT molecular complexity index is 771. The number of ether oxygens (including phenoxy) is 3. The fourth-order valence-electron chi connectivity index (χ4n) is 1.94. The van der Waals surface area contributed by atoms with Crippen molar-refractivity contribution in [1.82, 2.24) is 4.98 Å². The molecule has 0 aliphatic carbocycles. The third-order valence-electron chi connectivity index (χ3n) is 2.92. The molecule has 10 heteroatoms. The van der Waals surface area contributed by atoms with Crippen LogP contribution in [0, 0.1) is 0 Å². The summed E-state index contributed by atoms with van der Waals surface area (Å²) < 4.78 is 14.3. The Kier molecular flexibility index (Phi) is 5.53. The van der Waals surface area contributed by atoms with Crippen LogP contribution in [0.5, 0.6) is 0 Å². The highest BCUT2D eigenvalue weighted by molar-refractivity contribution is 7.18. The van der Waals surface area contributed by atoms with E-state index in [0.29, 0.717) is 20.8 Å². The molecule has 0 bridgehead atoms. The van der Waals surface area contributed by atoms with Crippen LogP contribution >= 0.6 is 11.3 Å². The van der Waals surface area contributed by atoms with Gasteiger partial charge in [0.2, 0.25) is 0 Å². The van der Waals surface area contributed by atoms with Gasteiger partial charge in [-0.1, -0.05) is 0 Å². The molecular weight excluding hydrogens is 342 g/mol. The normalized spacial score (nSPS) is 11.7. The predicted octanol–water partition coefficient (Wildman–Crippen LogP) is 2.38. The van der Waals surface area contributed by atoms with E-state index in [9.17, 15) is 14.4 Å². The van der Waals surface area contributed by atoms with E-state index in [-0.39, 0.29) is 6.42 Å². The molecule has 1 aromatic heterocycles. The number of aromatic nitrogens is 1. The number of carboxylic acid groups (broad SMARTS) is 2. The molecule has 0 saturated heterocycles. The van der Waals surface area contributed by atoms with Crippen LogP contribution in [-0.2, 0) is 20.6 Å². The lowest BCUT2D eigenvalue weighted by atomic mass is 10.2. The Morgan fingerprint density at radius 3 is 2.62 bits per heavy atom. The van der Waals surface area contributed by atoms with Gasteiger partial charge in [0.25, 0.3) is 0 Å². The fourth-order valence-corrected chi connectivity index (χ4v) is 3.01. The summed E-state index contributed by atoms with van der Waals surface area (Å²) in [5, 5.41) is 17.7. The minimum atomic E-state index is -1.54. The topological polar surface area (TPSA) is 132 Å². The second-order valence-corrected chi connectivity index (χ2v) is 5.68. The predicted molar refractivity (Wildman–Crippen MR) is 81.5 cm³/mol. The first-order valence-electron chi connectivity index (χ1n) is 6.62. The molecule has 1 aromatic carbocycles. The average Bonchev–Trinajstić information content (AvgIpc) is 2.92. The number of esters is 1. The third kappa shape index (κ3) is 4.56. The summed E-state index contributed by atoms with van der Waals surface area (Å²) in [6.07, 6.45) is -4.03. The monoisotopic (exact) mass is 355 g/mol. The van der Waals surface area contributed by atoms with Crippen LogP contribution in [-0.4, -0.2) is 53.3 Å². The molecule has 2 N–H and O–H groups in total. The van der Waals surface area contributed by atoms with E-state index in [4.69, 9.17) is 10.2 Å². The number of nitrogens with zero attached hydrogens (tertiary/aromatic N) is 1. The molecule has 2 aromatic rings. The number of carbonyl (C=O) groups excluding carboxylic acids is 1. The highest BCUT2D eigenvalue weighted by atomic mass is 32.1. The molecule has 0 aliphatic heterocycles. The maximum Gasteiger partial charge on any atom is 0.506 e. The second-order valence-electron chi connectivity index (χ2n) is 4.57. The van der Waals surface area contributed by atoms with Crippen molar-refractivity contribution in [3.05, 3.63) is 28.8 Å². The van der Waals surface area contributed by atoms with Gasteiger partial charge in [0, 0.05) is 6.42 Å². The molecule has 2 rings (SSSR count). The Hall–Kier alpha value is -2.88. The Labute approximate surface area is 139 Å². The Balaban J connectivity index is 2.18. The number of methoxy groups -OCH3 is 1. The van der Waals surface area contributed by atoms with Crippen LogP contribution in [0.3, 0.4) is 0 Å². The van der Waals surface area contributed by atoms with Crippen molar-refractivity contribution in [3.8, 4) is 0 Å². The van der Waals surface area contributed by atoms with Gasteiger partial charge in [0.05, 0.1) is 27.9 Å². The molecule has 1 heterocycles. The van der Waals surface area contributed by atoms with Crippen molar-refractivity contribution in [1.29, 1.82) is 0 Å². The van der Waals surface area contributed by atoms with Gasteiger partial charge < -0.3 is 24.4 Å². The van der Waals surface area contributed by atoms with Gasteiger partial charge in [-0.25, -0.2) is 19.4 Å². The standard InChI is InChI=1S/C14H13NO8S/c1-21-12(16)7-2-3-9-10(4-7)24-11(15-9)5-8(23-14(19)20)6-22-13(17)18/h2-4,8H,5-6H2,1H3,(H,17,18)(H,19,20). The van der Waals surface area contributed by atoms with Gasteiger partial charge in [0.1, 0.15) is 12.7 Å². The van der Waals surface area contributed by atoms with Crippen LogP contribution < -0.4 is 0 Å². The van der Waals surface area contributed by atoms with Crippen molar-refractivity contribution in [2.45, 2.75) is 12.5 Å². The van der Waals surface area contributed by atoms with Crippen LogP contribution in [0.15, 0.2) is 18.2 Å². The van der Waals surface area contributed by atoms with Crippen molar-refractivity contribution in [3.63, 3.8) is 0 Å². The largest absolute Gasteiger partial charge is 0.506 e. The summed E-state index contributed by atoms with van der Waals surface area (Å²) in [6.45, 7) is -0.440. The zero-order valence-electron chi connectivity index (χ0n) is 12.4. The zero-order chi connectivity index (χ0) is 17.7. The van der Waals surface area contributed by atoms with Gasteiger partial charge in [-0.2, -0.15) is 0 Å². The van der Waals surface area contributed by atoms with E-state index in [1.54, 1.807) is 18.2 Å². The number of benzene rings is 1. The lowest BCUT2D eigenvalue weighted by molar-refractivity contribution is 0.00530. The summed E-state index contributed by atoms with van der Waals surface area (Å²) in [5.74, 6) is -0.478. The molecule has 0 saturated carbocycles. The van der Waals surface area contributed by atoms with Crippen molar-refractivity contribution in [2.75, 3.05) is 13.7 Å². The van der Waals surface area contributed by atoms with Gasteiger partial charge in [0.15, 0.2) is 0 Å². The third-order valence-corrected chi connectivity index (χ3v) is 3.96. The van der Waals surface area contributed by atoms with Gasteiger partial charge in [-0.3, -0.25) is 0 Å². The van der Waals surface area contributed by atoms with E-state index in [1.165, 1.54) is 18.4 Å². The van der Waals surface area contributed by atoms with E-state index < -0.39 is 31.0 Å². The van der Waals surface area contributed by atoms with E-state index in [0.717, 1.165) is 0 Å². The summed E-state index contributed by atoms with van der Waals surface area (Å²) in [6, 6.07) is 4.82. The van der Waals surface area contributed by atoms with Crippen molar-refractivity contribution in [2.24, 2.45) is 0 Å². The van der Waals surface area contributed by atoms with E-state index >= 15 is 0 Å². The molecule has 0 radical (unpaired) electrons. The Morgan fingerprint density at radius 1 is 1.25 bits per heavy atom. The van der Waals surface area contributed by atoms with Crippen molar-refractivity contribution < 1.29 is 38.8 Å². The SMILES string of the molecule is COC(=O)c1ccc2nc(CC(COC(=O)O)OC(=O)O)sc2c1. The van der Waals surface area contributed by atoms with Crippen molar-refractivity contribution >= 4 is 39.8 Å². The minimum absolute atomic E-state index is 0.0481.